The summed E-state index contributed by atoms with van der Waals surface area (Å²) in [5.74, 6) is 0.179. The molecule has 0 fully saturated rings. The molecule has 2 aromatic carbocycles. The highest BCUT2D eigenvalue weighted by atomic mass is 16.2. The lowest BCUT2D eigenvalue weighted by Gasteiger charge is -2.22. The Labute approximate surface area is 177 Å². The van der Waals surface area contributed by atoms with E-state index in [1.807, 2.05) is 67.6 Å². The summed E-state index contributed by atoms with van der Waals surface area (Å²) in [6.45, 7) is 2.77. The first-order chi connectivity index (χ1) is 14.6. The van der Waals surface area contributed by atoms with Crippen LogP contribution < -0.4 is 10.6 Å². The second kappa shape index (κ2) is 10.5. The largest absolute Gasteiger partial charge is 0.329 e. The van der Waals surface area contributed by atoms with Crippen LogP contribution >= 0.6 is 0 Å². The molecule has 0 aliphatic rings. The maximum atomic E-state index is 12.5. The Balaban J connectivity index is 1.66. The zero-order valence-corrected chi connectivity index (χ0v) is 17.3. The molecule has 0 aliphatic heterocycles. The van der Waals surface area contributed by atoms with Gasteiger partial charge < -0.3 is 10.6 Å². The first kappa shape index (κ1) is 21.4. The van der Waals surface area contributed by atoms with Gasteiger partial charge in [-0.05, 0) is 41.3 Å². The van der Waals surface area contributed by atoms with Crippen LogP contribution in [0.25, 0.3) is 11.1 Å². The Morgan fingerprint density at radius 2 is 1.63 bits per heavy atom. The van der Waals surface area contributed by atoms with E-state index in [2.05, 4.69) is 4.98 Å². The van der Waals surface area contributed by atoms with Gasteiger partial charge in [0.1, 0.15) is 0 Å². The first-order valence-electron chi connectivity index (χ1n) is 10.3. The van der Waals surface area contributed by atoms with E-state index in [0.29, 0.717) is 37.9 Å². The van der Waals surface area contributed by atoms with Crippen LogP contribution in [0.4, 0.5) is 5.69 Å². The fourth-order valence-corrected chi connectivity index (χ4v) is 3.35. The number of nitrogens with two attached hydrogens (primary N) is 1. The molecular weight excluding hydrogens is 374 g/mol. The maximum absolute atomic E-state index is 12.5. The molecule has 3 aromatic rings. The minimum absolute atomic E-state index is 0.0577. The zero-order chi connectivity index (χ0) is 21.3. The van der Waals surface area contributed by atoms with Gasteiger partial charge in [0, 0.05) is 49.6 Å². The molecule has 5 heteroatoms. The maximum Gasteiger partial charge on any atom is 0.226 e. The first-order valence-corrected chi connectivity index (χ1v) is 10.3. The predicted molar refractivity (Wildman–Crippen MR) is 120 cm³/mol. The average Bonchev–Trinajstić information content (AvgIpc) is 2.81. The van der Waals surface area contributed by atoms with Crippen LogP contribution in [0.3, 0.4) is 0 Å². The number of anilines is 1. The van der Waals surface area contributed by atoms with Crippen LogP contribution in [0, 0.1) is 0 Å². The highest BCUT2D eigenvalue weighted by molar-refractivity contribution is 5.96. The van der Waals surface area contributed by atoms with E-state index in [4.69, 9.17) is 5.73 Å². The second-order valence-corrected chi connectivity index (χ2v) is 7.10. The molecule has 0 saturated carbocycles. The molecule has 1 amide bonds. The van der Waals surface area contributed by atoms with E-state index in [1.165, 1.54) is 0 Å². The number of amides is 1. The molecule has 3 rings (SSSR count). The minimum Gasteiger partial charge on any atom is -0.329 e. The van der Waals surface area contributed by atoms with Crippen molar-refractivity contribution < 1.29 is 9.59 Å². The van der Waals surface area contributed by atoms with Crippen molar-refractivity contribution in [2.24, 2.45) is 5.73 Å². The number of aryl methyl sites for hydroxylation is 1. The molecule has 0 radical (unpaired) electrons. The summed E-state index contributed by atoms with van der Waals surface area (Å²) >= 11 is 0. The fraction of sp³-hybridized carbons (Fsp3) is 0.240. The van der Waals surface area contributed by atoms with Gasteiger partial charge in [-0.15, -0.1) is 0 Å². The van der Waals surface area contributed by atoms with Crippen molar-refractivity contribution in [1.29, 1.82) is 0 Å². The second-order valence-electron chi connectivity index (χ2n) is 7.10. The molecule has 0 aliphatic carbocycles. The van der Waals surface area contributed by atoms with E-state index in [9.17, 15) is 9.59 Å². The number of rotatable bonds is 9. The summed E-state index contributed by atoms with van der Waals surface area (Å²) in [5, 5.41) is 0. The van der Waals surface area contributed by atoms with Crippen molar-refractivity contribution in [2.75, 3.05) is 18.0 Å². The third-order valence-corrected chi connectivity index (χ3v) is 5.04. The molecular formula is C25H27N3O2. The van der Waals surface area contributed by atoms with Crippen LogP contribution in [0.1, 0.15) is 35.7 Å². The van der Waals surface area contributed by atoms with Gasteiger partial charge in [0.25, 0.3) is 0 Å². The standard InChI is InChI=1S/C25H27N3O2/c1-2-25(30)28(17-15-26)23-12-10-21(11-13-23)20-6-8-22(9-7-20)24(29)14-5-19-4-3-16-27-18-19/h3-4,6-13,16,18H,2,5,14-15,17,26H2,1H3. The molecule has 154 valence electrons. The Hall–Kier alpha value is -3.31. The predicted octanol–water partition coefficient (Wildman–Crippen LogP) is 4.27. The van der Waals surface area contributed by atoms with Gasteiger partial charge >= 0.3 is 0 Å². The third-order valence-electron chi connectivity index (χ3n) is 5.04. The summed E-state index contributed by atoms with van der Waals surface area (Å²) in [7, 11) is 0. The van der Waals surface area contributed by atoms with Gasteiger partial charge in [-0.3, -0.25) is 14.6 Å². The highest BCUT2D eigenvalue weighted by Gasteiger charge is 2.13. The summed E-state index contributed by atoms with van der Waals surface area (Å²) < 4.78 is 0. The lowest BCUT2D eigenvalue weighted by atomic mass is 9.99. The van der Waals surface area contributed by atoms with Crippen molar-refractivity contribution >= 4 is 17.4 Å². The molecule has 1 heterocycles. The van der Waals surface area contributed by atoms with Crippen molar-refractivity contribution in [3.63, 3.8) is 0 Å². The van der Waals surface area contributed by atoms with Gasteiger partial charge in [-0.25, -0.2) is 0 Å². The van der Waals surface area contributed by atoms with Crippen molar-refractivity contribution in [3.05, 3.63) is 84.2 Å². The highest BCUT2D eigenvalue weighted by Crippen LogP contribution is 2.24. The summed E-state index contributed by atoms with van der Waals surface area (Å²) in [6, 6.07) is 19.4. The third kappa shape index (κ3) is 5.39. The monoisotopic (exact) mass is 401 g/mol. The molecule has 5 nitrogen and oxygen atoms in total. The number of carbonyl (C=O) groups is 2. The van der Waals surface area contributed by atoms with Gasteiger partial charge in [-0.2, -0.15) is 0 Å². The van der Waals surface area contributed by atoms with Crippen LogP contribution in [-0.4, -0.2) is 29.8 Å². The molecule has 1 aromatic heterocycles. The van der Waals surface area contributed by atoms with Crippen LogP contribution in [0.5, 0.6) is 0 Å². The molecule has 30 heavy (non-hydrogen) atoms. The smallest absolute Gasteiger partial charge is 0.226 e. The number of hydrogen-bond donors (Lipinski definition) is 1. The van der Waals surface area contributed by atoms with Gasteiger partial charge in [0.2, 0.25) is 5.91 Å². The lowest BCUT2D eigenvalue weighted by Crippen LogP contribution is -2.34. The van der Waals surface area contributed by atoms with E-state index >= 15 is 0 Å². The Bertz CT molecular complexity index is 968. The van der Waals surface area contributed by atoms with E-state index in [1.54, 1.807) is 17.3 Å². The van der Waals surface area contributed by atoms with Gasteiger partial charge in [0.15, 0.2) is 5.78 Å². The molecule has 0 atom stereocenters. The minimum atomic E-state index is 0.0577. The van der Waals surface area contributed by atoms with E-state index in [0.717, 1.165) is 22.4 Å². The van der Waals surface area contributed by atoms with Crippen LogP contribution in [0.15, 0.2) is 73.1 Å². The number of carbonyl (C=O) groups excluding carboxylic acids is 2. The number of hydrogen-bond acceptors (Lipinski definition) is 4. The molecule has 2 N–H and O–H groups in total. The summed E-state index contributed by atoms with van der Waals surface area (Å²) in [4.78, 5) is 30.4. The Morgan fingerprint density at radius 1 is 0.967 bits per heavy atom. The molecule has 0 spiro atoms. The number of ketones is 1. The molecule has 0 saturated heterocycles. The van der Waals surface area contributed by atoms with Crippen LogP contribution in [0.2, 0.25) is 0 Å². The number of benzene rings is 2. The number of pyridine rings is 1. The normalized spacial score (nSPS) is 10.6. The van der Waals surface area contributed by atoms with E-state index < -0.39 is 0 Å². The Kier molecular flexibility index (Phi) is 7.46. The molecule has 0 bridgehead atoms. The van der Waals surface area contributed by atoms with Crippen molar-refractivity contribution in [3.8, 4) is 11.1 Å². The molecule has 0 unspecified atom stereocenters. The number of Topliss-reactive ketones (excluding diaryl/α,β-unsaturated/α-hetero) is 1. The zero-order valence-electron chi connectivity index (χ0n) is 17.3. The lowest BCUT2D eigenvalue weighted by molar-refractivity contribution is -0.118. The Morgan fingerprint density at radius 3 is 2.20 bits per heavy atom. The summed E-state index contributed by atoms with van der Waals surface area (Å²) in [5.41, 5.74) is 10.3. The number of aromatic nitrogens is 1. The number of nitrogens with zero attached hydrogens (tertiary/aromatic N) is 2. The van der Waals surface area contributed by atoms with E-state index in [-0.39, 0.29) is 11.7 Å². The quantitative estimate of drug-likeness (QED) is 0.544. The van der Waals surface area contributed by atoms with Crippen molar-refractivity contribution in [1.82, 2.24) is 4.98 Å². The SMILES string of the molecule is CCC(=O)N(CCN)c1ccc(-c2ccc(C(=O)CCc3cccnc3)cc2)cc1. The summed E-state index contributed by atoms with van der Waals surface area (Å²) in [6.07, 6.45) is 5.11. The van der Waals surface area contributed by atoms with Gasteiger partial charge in [0.05, 0.1) is 0 Å². The average molecular weight is 402 g/mol. The van der Waals surface area contributed by atoms with Crippen LogP contribution in [-0.2, 0) is 11.2 Å². The van der Waals surface area contributed by atoms with Gasteiger partial charge in [-0.1, -0.05) is 49.4 Å². The topological polar surface area (TPSA) is 76.3 Å². The van der Waals surface area contributed by atoms with Crippen molar-refractivity contribution in [2.45, 2.75) is 26.2 Å². The fourth-order valence-electron chi connectivity index (χ4n) is 3.35.